The third-order valence-electron chi connectivity index (χ3n) is 3.36. The Morgan fingerprint density at radius 2 is 2.32 bits per heavy atom. The standard InChI is InChI=1S/C13H11IO5/c1-3-13(2,14)12(16)19-8-4-7-9-6(10(8)18-7)5-17-11(9)15/h4H,3,5H2,1-2H3. The Balaban J connectivity index is 1.93. The smallest absolute Gasteiger partial charge is 0.342 e. The van der Waals surface area contributed by atoms with Gasteiger partial charge >= 0.3 is 11.9 Å². The molecule has 2 aromatic heterocycles. The number of carbonyl (C=O) groups excluding carboxylic acids is 2. The zero-order chi connectivity index (χ0) is 13.8. The molecule has 1 aliphatic rings. The number of fused-ring (bicyclic) bond motifs is 5. The van der Waals surface area contributed by atoms with E-state index in [2.05, 4.69) is 22.6 Å². The van der Waals surface area contributed by atoms with Gasteiger partial charge in [-0.1, -0.05) is 29.5 Å². The van der Waals surface area contributed by atoms with Gasteiger partial charge in [0, 0.05) is 6.07 Å². The van der Waals surface area contributed by atoms with Crippen LogP contribution in [0.25, 0.3) is 11.2 Å². The van der Waals surface area contributed by atoms with Gasteiger partial charge in [-0.2, -0.15) is 0 Å². The van der Waals surface area contributed by atoms with E-state index in [0.29, 0.717) is 34.5 Å². The molecule has 3 heterocycles. The van der Waals surface area contributed by atoms with E-state index >= 15 is 0 Å². The minimum absolute atomic E-state index is 0.178. The SMILES string of the molecule is CCC(C)(I)C(=O)Oc1cc2oc1c1c2C(=O)OC1. The van der Waals surface area contributed by atoms with Crippen molar-refractivity contribution in [3.63, 3.8) is 0 Å². The highest BCUT2D eigenvalue weighted by Gasteiger charge is 2.36. The number of ether oxygens (including phenoxy) is 2. The van der Waals surface area contributed by atoms with Crippen LogP contribution in [0.15, 0.2) is 10.5 Å². The first-order chi connectivity index (χ1) is 8.94. The lowest BCUT2D eigenvalue weighted by Crippen LogP contribution is -2.31. The fourth-order valence-corrected chi connectivity index (χ4v) is 2.08. The van der Waals surface area contributed by atoms with Crippen molar-refractivity contribution in [3.05, 3.63) is 17.2 Å². The van der Waals surface area contributed by atoms with Crippen molar-refractivity contribution in [1.29, 1.82) is 0 Å². The summed E-state index contributed by atoms with van der Waals surface area (Å²) in [5.41, 5.74) is 1.99. The van der Waals surface area contributed by atoms with Crippen molar-refractivity contribution in [2.75, 3.05) is 0 Å². The van der Waals surface area contributed by atoms with Crippen LogP contribution in [0, 0.1) is 0 Å². The molecule has 0 aromatic carbocycles. The van der Waals surface area contributed by atoms with Gasteiger partial charge in [-0.15, -0.1) is 0 Å². The summed E-state index contributed by atoms with van der Waals surface area (Å²) in [5.74, 6) is -0.333. The molecule has 0 fully saturated rings. The highest BCUT2D eigenvalue weighted by Crippen LogP contribution is 2.41. The van der Waals surface area contributed by atoms with Crippen LogP contribution in [0.2, 0.25) is 0 Å². The van der Waals surface area contributed by atoms with Crippen LogP contribution < -0.4 is 4.74 Å². The Bertz CT molecular complexity index is 670. The molecule has 19 heavy (non-hydrogen) atoms. The number of alkyl halides is 1. The van der Waals surface area contributed by atoms with Crippen molar-refractivity contribution < 1.29 is 23.5 Å². The number of hydrogen-bond donors (Lipinski definition) is 0. The van der Waals surface area contributed by atoms with Crippen molar-refractivity contribution in [3.8, 4) is 5.75 Å². The summed E-state index contributed by atoms with van der Waals surface area (Å²) >= 11 is 2.07. The highest BCUT2D eigenvalue weighted by atomic mass is 127. The summed E-state index contributed by atoms with van der Waals surface area (Å²) in [6, 6.07) is 1.57. The van der Waals surface area contributed by atoms with Crippen LogP contribution in [0.1, 0.15) is 36.2 Å². The molecule has 2 bridgehead atoms. The Morgan fingerprint density at radius 3 is 3.00 bits per heavy atom. The van der Waals surface area contributed by atoms with Gasteiger partial charge in [-0.05, 0) is 13.3 Å². The topological polar surface area (TPSA) is 65.7 Å². The van der Waals surface area contributed by atoms with E-state index in [9.17, 15) is 9.59 Å². The number of furan rings is 2. The van der Waals surface area contributed by atoms with Crippen LogP contribution in [0.5, 0.6) is 5.75 Å². The van der Waals surface area contributed by atoms with Crippen LogP contribution in [0.4, 0.5) is 0 Å². The molecule has 0 amide bonds. The van der Waals surface area contributed by atoms with E-state index in [4.69, 9.17) is 13.9 Å². The molecule has 1 aliphatic heterocycles. The van der Waals surface area contributed by atoms with Crippen LogP contribution in [0.3, 0.4) is 0 Å². The Kier molecular flexibility index (Phi) is 2.74. The second kappa shape index (κ2) is 4.09. The third-order valence-corrected chi connectivity index (χ3v) is 4.57. The van der Waals surface area contributed by atoms with E-state index < -0.39 is 3.42 Å². The lowest BCUT2D eigenvalue weighted by Gasteiger charge is -2.17. The second-order valence-electron chi connectivity index (χ2n) is 4.67. The van der Waals surface area contributed by atoms with Crippen LogP contribution >= 0.6 is 22.6 Å². The molecule has 0 radical (unpaired) electrons. The molecule has 3 rings (SSSR count). The average molecular weight is 374 g/mol. The van der Waals surface area contributed by atoms with Gasteiger partial charge in [-0.3, -0.25) is 4.79 Å². The first kappa shape index (κ1) is 12.7. The monoisotopic (exact) mass is 374 g/mol. The third kappa shape index (κ3) is 1.80. The molecular formula is C13H11IO5. The molecule has 0 saturated carbocycles. The van der Waals surface area contributed by atoms with E-state index in [-0.39, 0.29) is 18.5 Å². The maximum atomic E-state index is 12.0. The van der Waals surface area contributed by atoms with Crippen LogP contribution in [-0.4, -0.2) is 15.4 Å². The van der Waals surface area contributed by atoms with Gasteiger partial charge in [0.05, 0.1) is 5.56 Å². The molecule has 0 spiro atoms. The fourth-order valence-electron chi connectivity index (χ4n) is 1.97. The summed E-state index contributed by atoms with van der Waals surface area (Å²) < 4.78 is 15.2. The molecule has 5 nitrogen and oxygen atoms in total. The average Bonchev–Trinajstić information content (AvgIpc) is 3.02. The normalized spacial score (nSPS) is 17.3. The molecule has 0 aliphatic carbocycles. The van der Waals surface area contributed by atoms with Gasteiger partial charge in [0.15, 0.2) is 11.3 Å². The van der Waals surface area contributed by atoms with E-state index in [1.807, 2.05) is 13.8 Å². The fraction of sp³-hybridized carbons (Fsp3) is 0.385. The predicted octanol–water partition coefficient (Wildman–Crippen LogP) is 3.05. The highest BCUT2D eigenvalue weighted by molar-refractivity contribution is 14.1. The van der Waals surface area contributed by atoms with Gasteiger partial charge in [0.1, 0.15) is 21.2 Å². The Labute approximate surface area is 122 Å². The van der Waals surface area contributed by atoms with Gasteiger partial charge < -0.3 is 13.9 Å². The maximum absolute atomic E-state index is 12.0. The summed E-state index contributed by atoms with van der Waals surface area (Å²) in [6.07, 6.45) is 0.669. The van der Waals surface area contributed by atoms with Gasteiger partial charge in [-0.25, -0.2) is 4.79 Å². The van der Waals surface area contributed by atoms with Crippen molar-refractivity contribution >= 4 is 45.7 Å². The molecule has 1 unspecified atom stereocenters. The van der Waals surface area contributed by atoms with Crippen molar-refractivity contribution in [2.24, 2.45) is 0 Å². The lowest BCUT2D eigenvalue weighted by atomic mass is 10.1. The molecule has 6 heteroatoms. The zero-order valence-electron chi connectivity index (χ0n) is 10.4. The minimum Gasteiger partial charge on any atom is -0.457 e. The number of esters is 2. The summed E-state index contributed by atoms with van der Waals surface area (Å²) in [5, 5.41) is 0. The maximum Gasteiger partial charge on any atom is 0.342 e. The predicted molar refractivity (Wildman–Crippen MR) is 74.9 cm³/mol. The van der Waals surface area contributed by atoms with Gasteiger partial charge in [0.25, 0.3) is 0 Å². The largest absolute Gasteiger partial charge is 0.457 e. The van der Waals surface area contributed by atoms with E-state index in [1.54, 1.807) is 6.07 Å². The lowest BCUT2D eigenvalue weighted by molar-refractivity contribution is -0.136. The van der Waals surface area contributed by atoms with Crippen molar-refractivity contribution in [2.45, 2.75) is 30.3 Å². The number of carbonyl (C=O) groups is 2. The Morgan fingerprint density at radius 1 is 1.58 bits per heavy atom. The number of hydrogen-bond acceptors (Lipinski definition) is 5. The molecular weight excluding hydrogens is 363 g/mol. The number of halogens is 1. The molecule has 2 aromatic rings. The number of cyclic esters (lactones) is 1. The quantitative estimate of drug-likeness (QED) is 0.358. The first-order valence-corrected chi connectivity index (χ1v) is 6.98. The first-order valence-electron chi connectivity index (χ1n) is 5.90. The van der Waals surface area contributed by atoms with Crippen molar-refractivity contribution in [1.82, 2.24) is 0 Å². The van der Waals surface area contributed by atoms with E-state index in [1.165, 1.54) is 0 Å². The summed E-state index contributed by atoms with van der Waals surface area (Å²) in [7, 11) is 0. The second-order valence-corrected chi connectivity index (χ2v) is 7.06. The Hall–Kier alpha value is -1.31. The van der Waals surface area contributed by atoms with Gasteiger partial charge in [0.2, 0.25) is 0 Å². The molecule has 1 atom stereocenters. The number of benzene rings is 1. The zero-order valence-corrected chi connectivity index (χ0v) is 12.6. The molecule has 0 N–H and O–H groups in total. The summed E-state index contributed by atoms with van der Waals surface area (Å²) in [6.45, 7) is 3.91. The van der Waals surface area contributed by atoms with E-state index in [0.717, 1.165) is 0 Å². The number of rotatable bonds is 3. The minimum atomic E-state index is -0.579. The molecule has 0 saturated heterocycles. The summed E-state index contributed by atoms with van der Waals surface area (Å²) in [4.78, 5) is 23.5. The van der Waals surface area contributed by atoms with Crippen LogP contribution in [-0.2, 0) is 16.1 Å². The molecule has 100 valence electrons.